The van der Waals surface area contributed by atoms with Crippen LogP contribution in [-0.4, -0.2) is 24.4 Å². The zero-order chi connectivity index (χ0) is 13.1. The molecule has 0 spiro atoms. The Labute approximate surface area is 108 Å². The van der Waals surface area contributed by atoms with Crippen molar-refractivity contribution in [1.29, 1.82) is 0 Å². The van der Waals surface area contributed by atoms with Crippen molar-refractivity contribution in [2.24, 2.45) is 0 Å². The first-order valence-corrected chi connectivity index (χ1v) is 6.77. The number of benzene rings is 1. The van der Waals surface area contributed by atoms with E-state index in [1.165, 1.54) is 12.1 Å². The smallest absolute Gasteiger partial charge is 0.261 e. The highest BCUT2D eigenvalue weighted by atomic mass is 32.2. The lowest BCUT2D eigenvalue weighted by atomic mass is 10.2. The number of rotatable bonds is 3. The van der Waals surface area contributed by atoms with E-state index < -0.39 is 16.6 Å². The number of nitrogens with zero attached hydrogens (tertiary/aromatic N) is 1. The van der Waals surface area contributed by atoms with E-state index in [9.17, 15) is 18.3 Å². The van der Waals surface area contributed by atoms with Gasteiger partial charge in [-0.1, -0.05) is 23.5 Å². The van der Waals surface area contributed by atoms with Crippen LogP contribution in [0.25, 0.3) is 0 Å². The molecule has 0 unspecified atom stereocenters. The van der Waals surface area contributed by atoms with E-state index in [0.29, 0.717) is 0 Å². The third-order valence-electron chi connectivity index (χ3n) is 2.04. The predicted molar refractivity (Wildman–Crippen MR) is 66.8 cm³/mol. The van der Waals surface area contributed by atoms with Crippen molar-refractivity contribution >= 4 is 33.1 Å². The minimum atomic E-state index is -2.70. The lowest BCUT2D eigenvalue weighted by molar-refractivity contribution is 0.102. The maximum atomic E-state index is 11.8. The summed E-state index contributed by atoms with van der Waals surface area (Å²) in [5, 5.41) is 12.1. The molecule has 18 heavy (non-hydrogen) atoms. The highest BCUT2D eigenvalue weighted by Crippen LogP contribution is 2.22. The Bertz CT molecular complexity index is 655. The predicted octanol–water partition coefficient (Wildman–Crippen LogP) is 1.07. The highest BCUT2D eigenvalue weighted by molar-refractivity contribution is 7.75. The maximum absolute atomic E-state index is 11.8. The first-order valence-electron chi connectivity index (χ1n) is 4.77. The summed E-state index contributed by atoms with van der Waals surface area (Å²) >= 11 is 0.849. The number of hydrogen-bond donors (Lipinski definition) is 3. The molecular weight excluding hydrogens is 276 g/mol. The molecular formula is C10H8N2O4S2. The van der Waals surface area contributed by atoms with Crippen LogP contribution in [0, 0.1) is 0 Å². The second-order valence-electron chi connectivity index (χ2n) is 3.23. The summed E-state index contributed by atoms with van der Waals surface area (Å²) < 4.78 is 21.4. The summed E-state index contributed by atoms with van der Waals surface area (Å²) in [4.78, 5) is 15.5. The molecule has 0 saturated carbocycles. The number of nitrogens with one attached hydrogen (secondary N) is 1. The van der Waals surface area contributed by atoms with Crippen molar-refractivity contribution < 1.29 is 18.3 Å². The van der Waals surface area contributed by atoms with Crippen LogP contribution in [0.4, 0.5) is 5.13 Å². The zero-order valence-corrected chi connectivity index (χ0v) is 10.6. The van der Waals surface area contributed by atoms with E-state index in [2.05, 4.69) is 10.3 Å². The fourth-order valence-electron chi connectivity index (χ4n) is 1.24. The molecule has 2 N–H and O–H groups in total. The van der Waals surface area contributed by atoms with Crippen LogP contribution in [-0.2, 0) is 10.7 Å². The number of aromatic nitrogens is 1. The number of para-hydroxylation sites is 1. The van der Waals surface area contributed by atoms with Crippen molar-refractivity contribution in [3.05, 3.63) is 36.0 Å². The van der Waals surface area contributed by atoms with Gasteiger partial charge in [-0.15, -0.1) is 0 Å². The van der Waals surface area contributed by atoms with Crippen molar-refractivity contribution in [3.8, 4) is 5.75 Å². The van der Waals surface area contributed by atoms with E-state index >= 15 is 0 Å². The second kappa shape index (κ2) is 5.15. The molecule has 0 bridgehead atoms. The normalized spacial score (nSPS) is 10.5. The van der Waals surface area contributed by atoms with Crippen LogP contribution >= 0.6 is 11.3 Å². The average molecular weight is 284 g/mol. The molecule has 1 heterocycles. The van der Waals surface area contributed by atoms with Crippen LogP contribution in [0.3, 0.4) is 0 Å². The van der Waals surface area contributed by atoms with E-state index in [0.717, 1.165) is 17.5 Å². The number of phenolic OH excluding ortho intramolecular Hbond substituents is 1. The first kappa shape index (κ1) is 12.5. The largest absolute Gasteiger partial charge is 0.507 e. The molecule has 0 radical (unpaired) electrons. The number of aromatic hydroxyl groups is 1. The van der Waals surface area contributed by atoms with E-state index in [-0.39, 0.29) is 20.7 Å². The number of thiol groups is 1. The van der Waals surface area contributed by atoms with Crippen LogP contribution < -0.4 is 5.32 Å². The summed E-state index contributed by atoms with van der Waals surface area (Å²) in [6.07, 6.45) is 1.16. The highest BCUT2D eigenvalue weighted by Gasteiger charge is 2.12. The van der Waals surface area contributed by atoms with E-state index in [1.807, 2.05) is 0 Å². The SMILES string of the molecule is O=C(Nc1ncc([SH](=O)=O)s1)c1ccccc1O. The molecule has 0 atom stereocenters. The van der Waals surface area contributed by atoms with Gasteiger partial charge in [-0.05, 0) is 12.1 Å². The Kier molecular flexibility index (Phi) is 3.58. The standard InChI is InChI=1S/C10H8N2O4S2/c13-7-4-2-1-3-6(7)9(14)12-10-11-5-8(17-10)18(15)16/h1-5,13,18H,(H,11,12,14). The fraction of sp³-hybridized carbons (Fsp3) is 0. The average Bonchev–Trinajstić information content (AvgIpc) is 2.78. The molecule has 0 aliphatic heterocycles. The van der Waals surface area contributed by atoms with Gasteiger partial charge in [0.15, 0.2) is 15.8 Å². The number of carbonyl (C=O) groups excluding carboxylic acids is 1. The minimum absolute atomic E-state index is 0.0672. The molecule has 2 aromatic rings. The number of anilines is 1. The van der Waals surface area contributed by atoms with Gasteiger partial charge in [0, 0.05) is 0 Å². The van der Waals surface area contributed by atoms with Crippen molar-refractivity contribution in [2.45, 2.75) is 4.21 Å². The Hall–Kier alpha value is -1.93. The molecule has 0 saturated heterocycles. The molecule has 6 nitrogen and oxygen atoms in total. The monoisotopic (exact) mass is 284 g/mol. The first-order chi connectivity index (χ1) is 8.58. The lowest BCUT2D eigenvalue weighted by Crippen LogP contribution is -2.11. The van der Waals surface area contributed by atoms with Gasteiger partial charge in [-0.2, -0.15) is 0 Å². The van der Waals surface area contributed by atoms with Gasteiger partial charge >= 0.3 is 0 Å². The molecule has 1 aromatic carbocycles. The molecule has 1 amide bonds. The van der Waals surface area contributed by atoms with Crippen LogP contribution in [0.2, 0.25) is 0 Å². The van der Waals surface area contributed by atoms with E-state index in [1.54, 1.807) is 12.1 Å². The van der Waals surface area contributed by atoms with Crippen LogP contribution in [0.1, 0.15) is 10.4 Å². The summed E-state index contributed by atoms with van der Waals surface area (Å²) in [5.41, 5.74) is 0.0979. The molecule has 0 fully saturated rings. The molecule has 8 heteroatoms. The molecule has 2 rings (SSSR count). The van der Waals surface area contributed by atoms with E-state index in [4.69, 9.17) is 0 Å². The number of phenols is 1. The Morgan fingerprint density at radius 3 is 2.67 bits per heavy atom. The number of thiazole rings is 1. The number of carbonyl (C=O) groups is 1. The third-order valence-corrected chi connectivity index (χ3v) is 3.95. The third kappa shape index (κ3) is 2.66. The Morgan fingerprint density at radius 1 is 1.33 bits per heavy atom. The molecule has 94 valence electrons. The molecule has 0 aliphatic rings. The Balaban J connectivity index is 2.19. The van der Waals surface area contributed by atoms with Crippen LogP contribution in [0.15, 0.2) is 34.7 Å². The summed E-state index contributed by atoms with van der Waals surface area (Å²) in [7, 11) is -2.70. The van der Waals surface area contributed by atoms with Gasteiger partial charge in [0.25, 0.3) is 5.91 Å². The van der Waals surface area contributed by atoms with Gasteiger partial charge in [0.05, 0.1) is 11.8 Å². The number of hydrogen-bond acceptors (Lipinski definition) is 6. The fourth-order valence-corrected chi connectivity index (χ4v) is 2.50. The lowest BCUT2D eigenvalue weighted by Gasteiger charge is -2.03. The molecule has 0 aliphatic carbocycles. The summed E-state index contributed by atoms with van der Waals surface area (Å²) in [5.74, 6) is -0.697. The quantitative estimate of drug-likeness (QED) is 0.733. The number of amides is 1. The van der Waals surface area contributed by atoms with Crippen LogP contribution in [0.5, 0.6) is 5.75 Å². The van der Waals surface area contributed by atoms with Gasteiger partial charge in [-0.3, -0.25) is 10.1 Å². The van der Waals surface area contributed by atoms with Gasteiger partial charge in [0.2, 0.25) is 0 Å². The second-order valence-corrected chi connectivity index (χ2v) is 5.56. The van der Waals surface area contributed by atoms with Gasteiger partial charge in [0.1, 0.15) is 9.96 Å². The Morgan fingerprint density at radius 2 is 2.06 bits per heavy atom. The van der Waals surface area contributed by atoms with Gasteiger partial charge < -0.3 is 5.11 Å². The minimum Gasteiger partial charge on any atom is -0.507 e. The van der Waals surface area contributed by atoms with Gasteiger partial charge in [-0.25, -0.2) is 13.4 Å². The van der Waals surface area contributed by atoms with Crippen molar-refractivity contribution in [2.75, 3.05) is 5.32 Å². The van der Waals surface area contributed by atoms with Crippen molar-refractivity contribution in [3.63, 3.8) is 0 Å². The topological polar surface area (TPSA) is 96.4 Å². The summed E-state index contributed by atoms with van der Waals surface area (Å²) in [6, 6.07) is 6.04. The zero-order valence-electron chi connectivity index (χ0n) is 8.86. The maximum Gasteiger partial charge on any atom is 0.261 e. The molecule has 1 aromatic heterocycles. The summed E-state index contributed by atoms with van der Waals surface area (Å²) in [6.45, 7) is 0. The van der Waals surface area contributed by atoms with Crippen molar-refractivity contribution in [1.82, 2.24) is 4.98 Å².